The van der Waals surface area contributed by atoms with Crippen molar-refractivity contribution >= 4 is 5.91 Å². The van der Waals surface area contributed by atoms with Crippen LogP contribution in [0.15, 0.2) is 21.9 Å². The second-order valence-electron chi connectivity index (χ2n) is 3.70. The maximum absolute atomic E-state index is 11.8. The van der Waals surface area contributed by atoms with Gasteiger partial charge in [-0.3, -0.25) is 14.2 Å². The number of aromatic amines is 1. The summed E-state index contributed by atoms with van der Waals surface area (Å²) in [4.78, 5) is 38.6. The van der Waals surface area contributed by atoms with Crippen molar-refractivity contribution in [2.75, 3.05) is 26.3 Å². The third-order valence-corrected chi connectivity index (χ3v) is 2.60. The standard InChI is InChI=1S/C10H13N3O4/c14-8-1-2-11-10(16)13(8)7-9(15)12-3-5-17-6-4-12/h1-2H,3-7H2,(H,11,16). The Labute approximate surface area is 96.6 Å². The Morgan fingerprint density at radius 2 is 2.06 bits per heavy atom. The van der Waals surface area contributed by atoms with Crippen LogP contribution in [0.25, 0.3) is 0 Å². The van der Waals surface area contributed by atoms with Crippen LogP contribution in [0.3, 0.4) is 0 Å². The minimum absolute atomic E-state index is 0.227. The summed E-state index contributed by atoms with van der Waals surface area (Å²) in [5, 5.41) is 0. The van der Waals surface area contributed by atoms with Gasteiger partial charge in [0.25, 0.3) is 5.56 Å². The average molecular weight is 239 g/mol. The summed E-state index contributed by atoms with van der Waals surface area (Å²) < 4.78 is 6.00. The highest BCUT2D eigenvalue weighted by molar-refractivity contribution is 5.76. The molecule has 0 radical (unpaired) electrons. The first kappa shape index (κ1) is 11.6. The lowest BCUT2D eigenvalue weighted by molar-refractivity contribution is -0.136. The van der Waals surface area contributed by atoms with Crippen LogP contribution in [0.1, 0.15) is 0 Å². The molecule has 2 heterocycles. The zero-order chi connectivity index (χ0) is 12.3. The molecular weight excluding hydrogens is 226 g/mol. The van der Waals surface area contributed by atoms with Crippen molar-refractivity contribution in [2.24, 2.45) is 0 Å². The van der Waals surface area contributed by atoms with Crippen LogP contribution < -0.4 is 11.2 Å². The van der Waals surface area contributed by atoms with Crippen molar-refractivity contribution in [3.8, 4) is 0 Å². The van der Waals surface area contributed by atoms with E-state index >= 15 is 0 Å². The smallest absolute Gasteiger partial charge is 0.328 e. The van der Waals surface area contributed by atoms with Crippen LogP contribution in [0.4, 0.5) is 0 Å². The molecule has 92 valence electrons. The van der Waals surface area contributed by atoms with E-state index in [9.17, 15) is 14.4 Å². The summed E-state index contributed by atoms with van der Waals surface area (Å²) in [5.74, 6) is -0.243. The summed E-state index contributed by atoms with van der Waals surface area (Å²) in [6.07, 6.45) is 1.26. The molecule has 1 fully saturated rings. The number of nitrogens with one attached hydrogen (secondary N) is 1. The number of aromatic nitrogens is 2. The van der Waals surface area contributed by atoms with Gasteiger partial charge in [-0.2, -0.15) is 0 Å². The van der Waals surface area contributed by atoms with E-state index in [1.165, 1.54) is 12.3 Å². The highest BCUT2D eigenvalue weighted by Gasteiger charge is 2.18. The highest BCUT2D eigenvalue weighted by atomic mass is 16.5. The zero-order valence-electron chi connectivity index (χ0n) is 9.22. The van der Waals surface area contributed by atoms with Crippen LogP contribution in [0.5, 0.6) is 0 Å². The quantitative estimate of drug-likeness (QED) is 0.673. The average Bonchev–Trinajstić information content (AvgIpc) is 2.35. The van der Waals surface area contributed by atoms with Gasteiger partial charge in [-0.1, -0.05) is 0 Å². The van der Waals surface area contributed by atoms with E-state index in [1.807, 2.05) is 0 Å². The maximum Gasteiger partial charge on any atom is 0.328 e. The fraction of sp³-hybridized carbons (Fsp3) is 0.500. The molecule has 0 aliphatic carbocycles. The minimum Gasteiger partial charge on any atom is -0.378 e. The van der Waals surface area contributed by atoms with E-state index in [0.29, 0.717) is 26.3 Å². The van der Waals surface area contributed by atoms with Crippen LogP contribution >= 0.6 is 0 Å². The molecule has 0 aromatic carbocycles. The molecule has 0 spiro atoms. The molecule has 2 rings (SSSR count). The van der Waals surface area contributed by atoms with Gasteiger partial charge >= 0.3 is 5.69 Å². The number of carbonyl (C=O) groups is 1. The van der Waals surface area contributed by atoms with Gasteiger partial charge in [0.1, 0.15) is 6.54 Å². The number of amides is 1. The summed E-state index contributed by atoms with van der Waals surface area (Å²) in [6, 6.07) is 1.22. The van der Waals surface area contributed by atoms with Crippen molar-refractivity contribution in [1.29, 1.82) is 0 Å². The van der Waals surface area contributed by atoms with Gasteiger partial charge in [0, 0.05) is 25.4 Å². The van der Waals surface area contributed by atoms with E-state index in [-0.39, 0.29) is 12.5 Å². The van der Waals surface area contributed by atoms with E-state index in [4.69, 9.17) is 4.74 Å². The lowest BCUT2D eigenvalue weighted by Crippen LogP contribution is -2.45. The molecule has 1 amide bonds. The molecule has 0 bridgehead atoms. The monoisotopic (exact) mass is 239 g/mol. The number of H-pyrrole nitrogens is 1. The first-order chi connectivity index (χ1) is 8.18. The largest absolute Gasteiger partial charge is 0.378 e. The lowest BCUT2D eigenvalue weighted by Gasteiger charge is -2.26. The molecule has 1 N–H and O–H groups in total. The molecule has 0 atom stereocenters. The number of nitrogens with zero attached hydrogens (tertiary/aromatic N) is 2. The summed E-state index contributed by atoms with van der Waals surface area (Å²) in [7, 11) is 0. The third kappa shape index (κ3) is 2.62. The SMILES string of the molecule is O=C(Cn1c(=O)cc[nH]c1=O)N1CCOCC1. The third-order valence-electron chi connectivity index (χ3n) is 2.60. The minimum atomic E-state index is -0.570. The van der Waals surface area contributed by atoms with Gasteiger partial charge in [-0.15, -0.1) is 0 Å². The topological polar surface area (TPSA) is 84.4 Å². The van der Waals surface area contributed by atoms with E-state index < -0.39 is 11.2 Å². The number of ether oxygens (including phenoxy) is 1. The lowest BCUT2D eigenvalue weighted by atomic mass is 10.4. The van der Waals surface area contributed by atoms with Gasteiger partial charge in [-0.05, 0) is 0 Å². The van der Waals surface area contributed by atoms with Gasteiger partial charge in [0.05, 0.1) is 13.2 Å². The van der Waals surface area contributed by atoms with Crippen LogP contribution in [0, 0.1) is 0 Å². The van der Waals surface area contributed by atoms with Crippen molar-refractivity contribution in [2.45, 2.75) is 6.54 Å². The zero-order valence-corrected chi connectivity index (χ0v) is 9.22. The molecule has 1 aliphatic rings. The number of hydrogen-bond donors (Lipinski definition) is 1. The molecule has 1 aromatic rings. The number of carbonyl (C=O) groups excluding carboxylic acids is 1. The normalized spacial score (nSPS) is 15.9. The van der Waals surface area contributed by atoms with Crippen molar-refractivity contribution in [1.82, 2.24) is 14.5 Å². The number of morpholine rings is 1. The Hall–Kier alpha value is -1.89. The van der Waals surface area contributed by atoms with Gasteiger partial charge in [0.15, 0.2) is 0 Å². The van der Waals surface area contributed by atoms with Crippen molar-refractivity contribution in [3.63, 3.8) is 0 Å². The molecule has 1 aromatic heterocycles. The molecule has 17 heavy (non-hydrogen) atoms. The summed E-state index contributed by atoms with van der Waals surface area (Å²) >= 11 is 0. The van der Waals surface area contributed by atoms with E-state index in [1.54, 1.807) is 4.90 Å². The Morgan fingerprint density at radius 1 is 1.35 bits per heavy atom. The first-order valence-electron chi connectivity index (χ1n) is 5.32. The van der Waals surface area contributed by atoms with Gasteiger partial charge in [-0.25, -0.2) is 4.79 Å². The molecule has 7 heteroatoms. The Balaban J connectivity index is 2.12. The second-order valence-corrected chi connectivity index (χ2v) is 3.70. The first-order valence-corrected chi connectivity index (χ1v) is 5.32. The fourth-order valence-corrected chi connectivity index (χ4v) is 1.65. The maximum atomic E-state index is 11.8. The van der Waals surface area contributed by atoms with Crippen molar-refractivity contribution in [3.05, 3.63) is 33.1 Å². The number of hydrogen-bond acceptors (Lipinski definition) is 4. The predicted molar refractivity (Wildman–Crippen MR) is 58.7 cm³/mol. The van der Waals surface area contributed by atoms with Gasteiger partial charge in [0.2, 0.25) is 5.91 Å². The molecule has 1 saturated heterocycles. The molecular formula is C10H13N3O4. The second kappa shape index (κ2) is 4.96. The molecule has 0 saturated carbocycles. The van der Waals surface area contributed by atoms with Gasteiger partial charge < -0.3 is 14.6 Å². The summed E-state index contributed by atoms with van der Waals surface area (Å²) in [5.41, 5.74) is -1.05. The molecule has 7 nitrogen and oxygen atoms in total. The van der Waals surface area contributed by atoms with Crippen LogP contribution in [0.2, 0.25) is 0 Å². The Bertz CT molecular complexity index is 485. The van der Waals surface area contributed by atoms with E-state index in [2.05, 4.69) is 4.98 Å². The Morgan fingerprint density at radius 3 is 2.71 bits per heavy atom. The van der Waals surface area contributed by atoms with Crippen LogP contribution in [-0.4, -0.2) is 46.7 Å². The van der Waals surface area contributed by atoms with Crippen LogP contribution in [-0.2, 0) is 16.1 Å². The summed E-state index contributed by atoms with van der Waals surface area (Å²) in [6.45, 7) is 1.75. The molecule has 1 aliphatic heterocycles. The van der Waals surface area contributed by atoms with Crippen molar-refractivity contribution < 1.29 is 9.53 Å². The molecule has 0 unspecified atom stereocenters. The predicted octanol–water partition coefficient (Wildman–Crippen LogP) is -1.60. The highest BCUT2D eigenvalue weighted by Crippen LogP contribution is 1.97. The fourth-order valence-electron chi connectivity index (χ4n) is 1.65. The Kier molecular flexibility index (Phi) is 3.38. The number of rotatable bonds is 2. The van der Waals surface area contributed by atoms with E-state index in [0.717, 1.165) is 4.57 Å².